The van der Waals surface area contributed by atoms with Crippen molar-refractivity contribution in [3.8, 4) is 0 Å². The summed E-state index contributed by atoms with van der Waals surface area (Å²) >= 11 is 0. The summed E-state index contributed by atoms with van der Waals surface area (Å²) in [5.41, 5.74) is 0.573. The van der Waals surface area contributed by atoms with E-state index in [1.807, 2.05) is 0 Å². The van der Waals surface area contributed by atoms with Crippen molar-refractivity contribution in [2.45, 2.75) is 43.9 Å². The molecule has 0 amide bonds. The Balaban J connectivity index is 1.92. The first-order valence-corrected chi connectivity index (χ1v) is 9.12. The molecule has 1 aromatic heterocycles. The van der Waals surface area contributed by atoms with E-state index < -0.39 is 10.0 Å². The maximum atomic E-state index is 12.3. The van der Waals surface area contributed by atoms with Crippen LogP contribution in [0.25, 0.3) is 0 Å². The van der Waals surface area contributed by atoms with Crippen LogP contribution < -0.4 is 10.0 Å². The third-order valence-electron chi connectivity index (χ3n) is 4.23. The van der Waals surface area contributed by atoms with Crippen LogP contribution in [0.5, 0.6) is 0 Å². The van der Waals surface area contributed by atoms with Gasteiger partial charge in [-0.15, -0.1) is 0 Å². The van der Waals surface area contributed by atoms with Crippen molar-refractivity contribution in [1.29, 1.82) is 0 Å². The minimum atomic E-state index is -3.49. The number of anilines is 1. The minimum absolute atomic E-state index is 0.213. The van der Waals surface area contributed by atoms with E-state index in [4.69, 9.17) is 0 Å². The van der Waals surface area contributed by atoms with Crippen molar-refractivity contribution >= 4 is 15.7 Å². The number of aromatic nitrogens is 1. The Bertz CT molecular complexity index is 560. The zero-order valence-corrected chi connectivity index (χ0v) is 13.6. The number of sulfonamides is 1. The summed E-state index contributed by atoms with van der Waals surface area (Å²) in [6.07, 6.45) is 8.90. The van der Waals surface area contributed by atoms with E-state index in [1.54, 1.807) is 19.3 Å². The van der Waals surface area contributed by atoms with E-state index in [1.165, 1.54) is 31.9 Å². The number of hydrogen-bond donors (Lipinski definition) is 2. The minimum Gasteiger partial charge on any atom is -0.387 e. The molecule has 1 heterocycles. The zero-order chi connectivity index (χ0) is 15.3. The number of nitrogens with one attached hydrogen (secondary N) is 2. The van der Waals surface area contributed by atoms with Gasteiger partial charge in [-0.05, 0) is 30.7 Å². The van der Waals surface area contributed by atoms with Crippen molar-refractivity contribution in [3.05, 3.63) is 18.5 Å². The van der Waals surface area contributed by atoms with Crippen LogP contribution in [0.15, 0.2) is 23.4 Å². The Labute approximate surface area is 127 Å². The third kappa shape index (κ3) is 4.41. The lowest BCUT2D eigenvalue weighted by Gasteiger charge is -2.26. The topological polar surface area (TPSA) is 71.1 Å². The fourth-order valence-electron chi connectivity index (χ4n) is 3.10. The van der Waals surface area contributed by atoms with Gasteiger partial charge >= 0.3 is 0 Å². The van der Waals surface area contributed by atoms with Crippen LogP contribution in [-0.4, -0.2) is 27.0 Å². The second-order valence-corrected chi connectivity index (χ2v) is 7.68. The van der Waals surface area contributed by atoms with Gasteiger partial charge in [-0.1, -0.05) is 26.2 Å². The lowest BCUT2D eigenvalue weighted by molar-refractivity contribution is 0.271. The SMILES string of the molecule is CNc1ccncc1S(=O)(=O)NCCC1CCCC(C)C1. The molecular formula is C15H25N3O2S. The van der Waals surface area contributed by atoms with Gasteiger partial charge in [0.05, 0.1) is 5.69 Å². The molecule has 0 aromatic carbocycles. The lowest BCUT2D eigenvalue weighted by Crippen LogP contribution is -2.28. The van der Waals surface area contributed by atoms with Gasteiger partial charge in [0.25, 0.3) is 0 Å². The summed E-state index contributed by atoms with van der Waals surface area (Å²) in [6.45, 7) is 2.78. The van der Waals surface area contributed by atoms with Gasteiger partial charge in [0.15, 0.2) is 0 Å². The van der Waals surface area contributed by atoms with E-state index in [0.29, 0.717) is 18.2 Å². The van der Waals surface area contributed by atoms with Gasteiger partial charge < -0.3 is 5.32 Å². The molecule has 0 spiro atoms. The fourth-order valence-corrected chi connectivity index (χ4v) is 4.30. The molecule has 0 aliphatic heterocycles. The Hall–Kier alpha value is -1.14. The van der Waals surface area contributed by atoms with E-state index in [9.17, 15) is 8.42 Å². The van der Waals surface area contributed by atoms with Crippen LogP contribution in [0.1, 0.15) is 39.0 Å². The standard InChI is InChI=1S/C15H25N3O2S/c1-12-4-3-5-13(10-12)6-9-18-21(19,20)15-11-17-8-7-14(15)16-2/h7-8,11-13,18H,3-6,9-10H2,1-2H3,(H,16,17). The predicted molar refractivity (Wildman–Crippen MR) is 84.7 cm³/mol. The average Bonchev–Trinajstić information content (AvgIpc) is 2.47. The quantitative estimate of drug-likeness (QED) is 0.847. The molecule has 1 aromatic rings. The van der Waals surface area contributed by atoms with Gasteiger partial charge in [0, 0.05) is 26.0 Å². The average molecular weight is 311 g/mol. The molecule has 5 nitrogen and oxygen atoms in total. The Kier molecular flexibility index (Phi) is 5.58. The molecule has 1 fully saturated rings. The summed E-state index contributed by atoms with van der Waals surface area (Å²) in [5.74, 6) is 1.42. The molecule has 2 rings (SSSR count). The van der Waals surface area contributed by atoms with Crippen LogP contribution in [0, 0.1) is 11.8 Å². The molecule has 118 valence electrons. The lowest BCUT2D eigenvalue weighted by atomic mass is 9.81. The number of nitrogens with zero attached hydrogens (tertiary/aromatic N) is 1. The summed E-state index contributed by atoms with van der Waals surface area (Å²) in [4.78, 5) is 4.12. The summed E-state index contributed by atoms with van der Waals surface area (Å²) in [5, 5.41) is 2.89. The normalized spacial score (nSPS) is 23.0. The van der Waals surface area contributed by atoms with E-state index in [2.05, 4.69) is 21.9 Å². The first-order valence-electron chi connectivity index (χ1n) is 7.64. The van der Waals surface area contributed by atoms with E-state index >= 15 is 0 Å². The molecule has 2 N–H and O–H groups in total. The second kappa shape index (κ2) is 7.22. The predicted octanol–water partition coefficient (Wildman–Crippen LogP) is 2.62. The van der Waals surface area contributed by atoms with Crippen LogP contribution in [0.2, 0.25) is 0 Å². The van der Waals surface area contributed by atoms with Crippen LogP contribution in [0.4, 0.5) is 5.69 Å². The molecule has 1 aliphatic rings. The molecule has 21 heavy (non-hydrogen) atoms. The monoisotopic (exact) mass is 311 g/mol. The zero-order valence-electron chi connectivity index (χ0n) is 12.8. The molecule has 2 unspecified atom stereocenters. The number of hydrogen-bond acceptors (Lipinski definition) is 4. The molecule has 6 heteroatoms. The van der Waals surface area contributed by atoms with Crippen molar-refractivity contribution in [2.75, 3.05) is 18.9 Å². The largest absolute Gasteiger partial charge is 0.387 e. The van der Waals surface area contributed by atoms with Crippen molar-refractivity contribution in [3.63, 3.8) is 0 Å². The van der Waals surface area contributed by atoms with Crippen LogP contribution >= 0.6 is 0 Å². The molecule has 0 bridgehead atoms. The van der Waals surface area contributed by atoms with Gasteiger partial charge in [-0.2, -0.15) is 0 Å². The van der Waals surface area contributed by atoms with Gasteiger partial charge in [-0.3, -0.25) is 4.98 Å². The summed E-state index contributed by atoms with van der Waals surface area (Å²) in [7, 11) is -1.79. The van der Waals surface area contributed by atoms with Crippen molar-refractivity contribution in [2.24, 2.45) is 11.8 Å². The highest BCUT2D eigenvalue weighted by Crippen LogP contribution is 2.30. The Morgan fingerprint density at radius 2 is 2.19 bits per heavy atom. The van der Waals surface area contributed by atoms with Gasteiger partial charge in [0.2, 0.25) is 10.0 Å². The molecular weight excluding hydrogens is 286 g/mol. The first-order chi connectivity index (χ1) is 10.0. The molecule has 2 atom stereocenters. The number of pyridine rings is 1. The van der Waals surface area contributed by atoms with Gasteiger partial charge in [-0.25, -0.2) is 13.1 Å². The van der Waals surface area contributed by atoms with Gasteiger partial charge in [0.1, 0.15) is 4.90 Å². The highest BCUT2D eigenvalue weighted by Gasteiger charge is 2.21. The molecule has 0 saturated heterocycles. The molecule has 1 aliphatic carbocycles. The fraction of sp³-hybridized carbons (Fsp3) is 0.667. The van der Waals surface area contributed by atoms with Crippen LogP contribution in [0.3, 0.4) is 0 Å². The van der Waals surface area contributed by atoms with E-state index in [-0.39, 0.29) is 4.90 Å². The summed E-state index contributed by atoms with van der Waals surface area (Å²) < 4.78 is 27.4. The number of rotatable bonds is 6. The highest BCUT2D eigenvalue weighted by atomic mass is 32.2. The van der Waals surface area contributed by atoms with Crippen molar-refractivity contribution in [1.82, 2.24) is 9.71 Å². The maximum Gasteiger partial charge on any atom is 0.244 e. The van der Waals surface area contributed by atoms with E-state index in [0.717, 1.165) is 12.3 Å². The summed E-state index contributed by atoms with van der Waals surface area (Å²) in [6, 6.07) is 1.66. The smallest absolute Gasteiger partial charge is 0.244 e. The Morgan fingerprint density at radius 1 is 1.38 bits per heavy atom. The second-order valence-electron chi connectivity index (χ2n) is 5.95. The molecule has 1 saturated carbocycles. The highest BCUT2D eigenvalue weighted by molar-refractivity contribution is 7.89. The van der Waals surface area contributed by atoms with Crippen molar-refractivity contribution < 1.29 is 8.42 Å². The van der Waals surface area contributed by atoms with Crippen LogP contribution in [-0.2, 0) is 10.0 Å². The Morgan fingerprint density at radius 3 is 2.90 bits per heavy atom. The molecule has 0 radical (unpaired) electrons. The first kappa shape index (κ1) is 16.2. The third-order valence-corrected chi connectivity index (χ3v) is 5.72. The maximum absolute atomic E-state index is 12.3.